The van der Waals surface area contributed by atoms with Crippen LogP contribution in [0.15, 0.2) is 180 Å². The van der Waals surface area contributed by atoms with Crippen LogP contribution < -0.4 is 11.1 Å². The minimum Gasteiger partial charge on any atom is -0.369 e. The second kappa shape index (κ2) is 16.6. The van der Waals surface area contributed by atoms with Crippen molar-refractivity contribution in [3.05, 3.63) is 213 Å². The fourth-order valence-electron chi connectivity index (χ4n) is 4.34. The summed E-state index contributed by atoms with van der Waals surface area (Å²) >= 11 is 0. The number of benzene rings is 4. The SMILES string of the molecule is O=c1cccc[nH]1.O=c1cccc[nH]1.OC(C#CC#CC(O)(c1ccccc1)c1ccccc1)(c1ccccc1)c1ccccc1. The van der Waals surface area contributed by atoms with E-state index in [1.165, 1.54) is 12.1 Å². The maximum Gasteiger partial charge on any atom is 0.247 e. The zero-order valence-corrected chi connectivity index (χ0v) is 24.9. The number of pyridine rings is 2. The first-order valence-electron chi connectivity index (χ1n) is 14.4. The van der Waals surface area contributed by atoms with Crippen molar-refractivity contribution in [2.75, 3.05) is 0 Å². The minimum absolute atomic E-state index is 0.0532. The highest BCUT2D eigenvalue weighted by molar-refractivity contribution is 5.50. The number of nitrogens with one attached hydrogen (secondary N) is 2. The number of H-pyrrole nitrogens is 2. The van der Waals surface area contributed by atoms with E-state index >= 15 is 0 Å². The van der Waals surface area contributed by atoms with Gasteiger partial charge in [-0.15, -0.1) is 0 Å². The van der Waals surface area contributed by atoms with E-state index in [-0.39, 0.29) is 11.1 Å². The predicted octanol–water partition coefficient (Wildman–Crippen LogP) is 5.62. The summed E-state index contributed by atoms with van der Waals surface area (Å²) in [6.07, 6.45) is 3.20. The zero-order valence-electron chi connectivity index (χ0n) is 24.9. The van der Waals surface area contributed by atoms with Crippen LogP contribution in [0.25, 0.3) is 0 Å². The van der Waals surface area contributed by atoms with Gasteiger partial charge in [-0.3, -0.25) is 9.59 Å². The Morgan fingerprint density at radius 2 is 0.652 bits per heavy atom. The normalized spacial score (nSPS) is 10.2. The van der Waals surface area contributed by atoms with Gasteiger partial charge in [0.25, 0.3) is 0 Å². The first kappa shape index (κ1) is 32.7. The Morgan fingerprint density at radius 3 is 0.848 bits per heavy atom. The fourth-order valence-corrected chi connectivity index (χ4v) is 4.34. The van der Waals surface area contributed by atoms with Crippen LogP contribution in [0.4, 0.5) is 0 Å². The molecule has 4 aromatic carbocycles. The number of aliphatic hydroxyl groups is 2. The molecule has 0 amide bonds. The highest BCUT2D eigenvalue weighted by Crippen LogP contribution is 2.30. The molecule has 2 heterocycles. The fraction of sp³-hybridized carbons (Fsp3) is 0.0500. The van der Waals surface area contributed by atoms with Crippen molar-refractivity contribution in [1.29, 1.82) is 0 Å². The van der Waals surface area contributed by atoms with E-state index in [1.54, 1.807) is 36.7 Å². The molecule has 4 N–H and O–H groups in total. The maximum absolute atomic E-state index is 11.5. The van der Waals surface area contributed by atoms with E-state index in [2.05, 4.69) is 33.6 Å². The van der Waals surface area contributed by atoms with E-state index in [0.717, 1.165) is 0 Å². The molecule has 46 heavy (non-hydrogen) atoms. The van der Waals surface area contributed by atoms with Crippen LogP contribution in [-0.2, 0) is 11.2 Å². The number of aromatic nitrogens is 2. The quantitative estimate of drug-likeness (QED) is 0.196. The van der Waals surface area contributed by atoms with Crippen LogP contribution in [0.1, 0.15) is 22.3 Å². The first-order chi connectivity index (χ1) is 22.4. The Hall–Kier alpha value is -6.18. The van der Waals surface area contributed by atoms with E-state index in [9.17, 15) is 19.8 Å². The second-order valence-electron chi connectivity index (χ2n) is 9.84. The van der Waals surface area contributed by atoms with Gasteiger partial charge in [0.1, 0.15) is 0 Å². The molecular weight excluding hydrogens is 572 g/mol. The molecule has 0 saturated heterocycles. The summed E-state index contributed by atoms with van der Waals surface area (Å²) in [5.41, 5.74) is -0.526. The zero-order chi connectivity index (χ0) is 32.5. The topological polar surface area (TPSA) is 106 Å². The van der Waals surface area contributed by atoms with Crippen LogP contribution in [0.3, 0.4) is 0 Å². The van der Waals surface area contributed by atoms with Gasteiger partial charge < -0.3 is 20.2 Å². The molecule has 6 rings (SSSR count). The van der Waals surface area contributed by atoms with E-state index in [1.807, 2.05) is 121 Å². The third-order valence-electron chi connectivity index (χ3n) is 6.68. The second-order valence-corrected chi connectivity index (χ2v) is 9.84. The van der Waals surface area contributed by atoms with Crippen molar-refractivity contribution in [3.63, 3.8) is 0 Å². The highest BCUT2D eigenvalue weighted by atomic mass is 16.3. The largest absolute Gasteiger partial charge is 0.369 e. The molecule has 0 fully saturated rings. The van der Waals surface area contributed by atoms with Gasteiger partial charge in [-0.05, 0) is 35.8 Å². The van der Waals surface area contributed by atoms with Gasteiger partial charge in [0.15, 0.2) is 11.2 Å². The lowest BCUT2D eigenvalue weighted by Crippen LogP contribution is -2.25. The molecule has 6 nitrogen and oxygen atoms in total. The molecule has 2 aromatic heterocycles. The molecule has 6 heteroatoms. The van der Waals surface area contributed by atoms with Crippen molar-refractivity contribution >= 4 is 0 Å². The molecule has 0 spiro atoms. The van der Waals surface area contributed by atoms with E-state index < -0.39 is 11.2 Å². The van der Waals surface area contributed by atoms with Crippen molar-refractivity contribution in [1.82, 2.24) is 9.97 Å². The highest BCUT2D eigenvalue weighted by Gasteiger charge is 2.30. The number of hydrogen-bond donors (Lipinski definition) is 4. The van der Waals surface area contributed by atoms with Gasteiger partial charge in [0, 0.05) is 46.8 Å². The van der Waals surface area contributed by atoms with E-state index in [0.29, 0.717) is 22.3 Å². The van der Waals surface area contributed by atoms with Crippen LogP contribution in [-0.4, -0.2) is 20.2 Å². The standard InChI is InChI=1S/C30H22O2.2C5H5NO/c31-29(25-15-5-1-6-16-25,26-17-7-2-8-18-26)23-13-14-24-30(32,27-19-9-3-10-20-27)28-21-11-4-12-22-28;2*7-5-3-1-2-4-6-5/h1-12,15-22,31-32H;2*1-4H,(H,6,7). The predicted molar refractivity (Wildman–Crippen MR) is 181 cm³/mol. The average Bonchev–Trinajstić information content (AvgIpc) is 3.13. The van der Waals surface area contributed by atoms with Gasteiger partial charge in [-0.2, -0.15) is 0 Å². The summed E-state index contributed by atoms with van der Waals surface area (Å²) in [6, 6.07) is 47.0. The molecular formula is C40H32N2O4. The minimum atomic E-state index is -1.52. The molecule has 0 unspecified atom stereocenters. The Labute approximate surface area is 267 Å². The summed E-state index contributed by atoms with van der Waals surface area (Å²) in [5.74, 6) is 11.4. The Morgan fingerprint density at radius 1 is 0.391 bits per heavy atom. The van der Waals surface area contributed by atoms with Crippen LogP contribution in [0, 0.1) is 23.7 Å². The Kier molecular flexibility index (Phi) is 11.8. The summed E-state index contributed by atoms with van der Waals surface area (Å²) in [6.45, 7) is 0. The molecule has 0 bridgehead atoms. The van der Waals surface area contributed by atoms with Crippen LogP contribution in [0.2, 0.25) is 0 Å². The molecule has 0 radical (unpaired) electrons. The van der Waals surface area contributed by atoms with E-state index in [4.69, 9.17) is 0 Å². The van der Waals surface area contributed by atoms with Crippen LogP contribution >= 0.6 is 0 Å². The van der Waals surface area contributed by atoms with Gasteiger partial charge in [-0.1, -0.05) is 133 Å². The summed E-state index contributed by atoms with van der Waals surface area (Å²) in [7, 11) is 0. The van der Waals surface area contributed by atoms with Crippen molar-refractivity contribution in [3.8, 4) is 23.7 Å². The summed E-state index contributed by atoms with van der Waals surface area (Å²) in [5, 5.41) is 23.0. The Balaban J connectivity index is 0.000000280. The van der Waals surface area contributed by atoms with Gasteiger partial charge >= 0.3 is 0 Å². The molecule has 0 aliphatic heterocycles. The summed E-state index contributed by atoms with van der Waals surface area (Å²) in [4.78, 5) is 25.4. The number of aromatic amines is 2. The van der Waals surface area contributed by atoms with Crippen molar-refractivity contribution in [2.45, 2.75) is 11.2 Å². The maximum atomic E-state index is 11.5. The van der Waals surface area contributed by atoms with Crippen LogP contribution in [0.5, 0.6) is 0 Å². The molecule has 0 aliphatic carbocycles. The van der Waals surface area contributed by atoms with Gasteiger partial charge in [-0.25, -0.2) is 0 Å². The van der Waals surface area contributed by atoms with Gasteiger partial charge in [0.2, 0.25) is 11.1 Å². The summed E-state index contributed by atoms with van der Waals surface area (Å²) < 4.78 is 0. The third kappa shape index (κ3) is 9.16. The average molecular weight is 605 g/mol. The van der Waals surface area contributed by atoms with Gasteiger partial charge in [0.05, 0.1) is 0 Å². The molecule has 6 aromatic rings. The Bertz CT molecular complexity index is 1750. The lowest BCUT2D eigenvalue weighted by atomic mass is 9.86. The first-order valence-corrected chi connectivity index (χ1v) is 14.4. The molecule has 226 valence electrons. The molecule has 0 saturated carbocycles. The van der Waals surface area contributed by atoms with Crippen molar-refractivity contribution < 1.29 is 10.2 Å². The third-order valence-corrected chi connectivity index (χ3v) is 6.68. The molecule has 0 aliphatic rings. The lowest BCUT2D eigenvalue weighted by Gasteiger charge is -2.23. The number of hydrogen-bond acceptors (Lipinski definition) is 4. The monoisotopic (exact) mass is 604 g/mol. The smallest absolute Gasteiger partial charge is 0.247 e. The molecule has 0 atom stereocenters. The lowest BCUT2D eigenvalue weighted by molar-refractivity contribution is 0.144. The van der Waals surface area contributed by atoms with Crippen molar-refractivity contribution in [2.24, 2.45) is 0 Å². The number of rotatable bonds is 4.